The van der Waals surface area contributed by atoms with Crippen LogP contribution >= 0.6 is 24.0 Å². The van der Waals surface area contributed by atoms with Crippen molar-refractivity contribution in [2.24, 2.45) is 10.4 Å². The highest BCUT2D eigenvalue weighted by Gasteiger charge is 2.33. The maximum absolute atomic E-state index is 5.27. The first-order valence-electron chi connectivity index (χ1n) is 8.63. The van der Waals surface area contributed by atoms with E-state index < -0.39 is 0 Å². The molecule has 2 N–H and O–H groups in total. The van der Waals surface area contributed by atoms with Gasteiger partial charge < -0.3 is 15.4 Å². The van der Waals surface area contributed by atoms with Crippen LogP contribution in [0.2, 0.25) is 0 Å². The van der Waals surface area contributed by atoms with E-state index in [1.54, 1.807) is 0 Å². The molecular formula is C19H32IN3O. The van der Waals surface area contributed by atoms with Gasteiger partial charge in [0.05, 0.1) is 13.2 Å². The minimum atomic E-state index is 0. The van der Waals surface area contributed by atoms with Crippen LogP contribution in [-0.4, -0.2) is 39.3 Å². The topological polar surface area (TPSA) is 45.7 Å². The molecule has 1 saturated heterocycles. The highest BCUT2D eigenvalue weighted by atomic mass is 127. The number of halogens is 1. The zero-order valence-corrected chi connectivity index (χ0v) is 17.7. The summed E-state index contributed by atoms with van der Waals surface area (Å²) in [6, 6.07) is 8.99. The van der Waals surface area contributed by atoms with Crippen molar-refractivity contribution in [3.8, 4) is 0 Å². The molecule has 4 nitrogen and oxygen atoms in total. The van der Waals surface area contributed by atoms with Gasteiger partial charge in [0.25, 0.3) is 0 Å². The van der Waals surface area contributed by atoms with E-state index in [9.17, 15) is 0 Å². The van der Waals surface area contributed by atoms with Crippen molar-refractivity contribution < 1.29 is 4.74 Å². The molecule has 0 atom stereocenters. The Kier molecular flexibility index (Phi) is 9.05. The van der Waals surface area contributed by atoms with Crippen molar-refractivity contribution in [2.45, 2.75) is 39.5 Å². The molecule has 24 heavy (non-hydrogen) atoms. The normalized spacial score (nSPS) is 16.3. The highest BCUT2D eigenvalue weighted by Crippen LogP contribution is 2.24. The third-order valence-electron chi connectivity index (χ3n) is 4.39. The fraction of sp³-hybridized carbons (Fsp3) is 0.632. The largest absolute Gasteiger partial charge is 0.380 e. The van der Waals surface area contributed by atoms with Crippen LogP contribution in [0.4, 0.5) is 0 Å². The molecule has 0 amide bonds. The third kappa shape index (κ3) is 6.59. The number of benzene rings is 1. The van der Waals surface area contributed by atoms with Gasteiger partial charge in [-0.15, -0.1) is 24.0 Å². The monoisotopic (exact) mass is 445 g/mol. The Bertz CT molecular complexity index is 510. The number of rotatable bonds is 7. The number of guanidine groups is 1. The molecule has 1 fully saturated rings. The summed E-state index contributed by atoms with van der Waals surface area (Å²) in [5.74, 6) is 1.48. The lowest BCUT2D eigenvalue weighted by Crippen LogP contribution is -2.51. The highest BCUT2D eigenvalue weighted by molar-refractivity contribution is 14.0. The van der Waals surface area contributed by atoms with Crippen LogP contribution in [0.5, 0.6) is 0 Å². The van der Waals surface area contributed by atoms with Crippen LogP contribution in [-0.2, 0) is 11.2 Å². The average Bonchev–Trinajstić information content (AvgIpc) is 2.52. The minimum absolute atomic E-state index is 0. The lowest BCUT2D eigenvalue weighted by molar-refractivity contribution is -0.0971. The quantitative estimate of drug-likeness (QED) is 0.292. The first kappa shape index (κ1) is 21.2. The van der Waals surface area contributed by atoms with E-state index in [4.69, 9.17) is 4.74 Å². The maximum atomic E-state index is 5.27. The summed E-state index contributed by atoms with van der Waals surface area (Å²) < 4.78 is 5.27. The van der Waals surface area contributed by atoms with Crippen LogP contribution in [0, 0.1) is 5.41 Å². The van der Waals surface area contributed by atoms with E-state index in [0.717, 1.165) is 45.1 Å². The van der Waals surface area contributed by atoms with Gasteiger partial charge in [0.1, 0.15) is 0 Å². The molecule has 5 heteroatoms. The van der Waals surface area contributed by atoms with Crippen LogP contribution in [0.15, 0.2) is 29.3 Å². The van der Waals surface area contributed by atoms with E-state index in [0.29, 0.717) is 5.92 Å². The summed E-state index contributed by atoms with van der Waals surface area (Å²) in [5, 5.41) is 6.78. The van der Waals surface area contributed by atoms with Gasteiger partial charge in [-0.05, 0) is 29.9 Å². The third-order valence-corrected chi connectivity index (χ3v) is 4.39. The van der Waals surface area contributed by atoms with Crippen molar-refractivity contribution in [1.82, 2.24) is 10.6 Å². The smallest absolute Gasteiger partial charge is 0.190 e. The van der Waals surface area contributed by atoms with Crippen molar-refractivity contribution in [3.63, 3.8) is 0 Å². The van der Waals surface area contributed by atoms with E-state index in [1.807, 2.05) is 7.05 Å². The summed E-state index contributed by atoms with van der Waals surface area (Å²) in [5.41, 5.74) is 3.07. The second-order valence-electron chi connectivity index (χ2n) is 7.16. The molecule has 2 rings (SSSR count). The first-order valence-corrected chi connectivity index (χ1v) is 8.63. The molecule has 1 aromatic carbocycles. The van der Waals surface area contributed by atoms with Crippen LogP contribution in [0.25, 0.3) is 0 Å². The van der Waals surface area contributed by atoms with Gasteiger partial charge in [-0.1, -0.05) is 45.0 Å². The summed E-state index contributed by atoms with van der Waals surface area (Å²) in [6.45, 7) is 10.2. The fourth-order valence-electron chi connectivity index (χ4n) is 2.64. The van der Waals surface area contributed by atoms with Gasteiger partial charge in [0.2, 0.25) is 0 Å². The Labute approximate surface area is 163 Å². The van der Waals surface area contributed by atoms with Crippen molar-refractivity contribution >= 4 is 29.9 Å². The summed E-state index contributed by atoms with van der Waals surface area (Å²) in [7, 11) is 1.82. The van der Waals surface area contributed by atoms with E-state index in [1.165, 1.54) is 11.1 Å². The van der Waals surface area contributed by atoms with Gasteiger partial charge in [0.15, 0.2) is 5.96 Å². The second-order valence-corrected chi connectivity index (χ2v) is 7.16. The molecule has 1 heterocycles. The van der Waals surface area contributed by atoms with Crippen molar-refractivity contribution in [3.05, 3.63) is 35.4 Å². The Morgan fingerprint density at radius 2 is 1.88 bits per heavy atom. The number of nitrogens with one attached hydrogen (secondary N) is 2. The zero-order valence-electron chi connectivity index (χ0n) is 15.4. The molecule has 1 aliphatic heterocycles. The Morgan fingerprint density at radius 3 is 2.38 bits per heavy atom. The molecule has 0 saturated carbocycles. The Balaban J connectivity index is 0.00000288. The van der Waals surface area contributed by atoms with Crippen LogP contribution < -0.4 is 10.6 Å². The van der Waals surface area contributed by atoms with Crippen LogP contribution in [0.1, 0.15) is 44.2 Å². The number of nitrogens with zero attached hydrogens (tertiary/aromatic N) is 1. The van der Waals surface area contributed by atoms with E-state index in [2.05, 4.69) is 60.7 Å². The predicted octanol–water partition coefficient (Wildman–Crippen LogP) is 3.56. The Morgan fingerprint density at radius 1 is 1.21 bits per heavy atom. The van der Waals surface area contributed by atoms with Crippen molar-refractivity contribution in [1.29, 1.82) is 0 Å². The number of aliphatic imine (C=N–C) groups is 1. The fourth-order valence-corrected chi connectivity index (χ4v) is 2.64. The molecular weight excluding hydrogens is 413 g/mol. The molecule has 1 aliphatic rings. The molecule has 0 bridgehead atoms. The molecule has 0 aliphatic carbocycles. The first-order chi connectivity index (χ1) is 11.0. The SMILES string of the molecule is CN=C(NCCCc1ccc(C(C)C)cc1)NCC1(C)COC1.I. The second kappa shape index (κ2) is 10.2. The molecule has 136 valence electrons. The minimum Gasteiger partial charge on any atom is -0.380 e. The number of hydrogen-bond donors (Lipinski definition) is 2. The van der Waals surface area contributed by atoms with Gasteiger partial charge >= 0.3 is 0 Å². The lowest BCUT2D eigenvalue weighted by Gasteiger charge is -2.38. The standard InChI is InChI=1S/C19H31N3O.HI/c1-15(2)17-9-7-16(8-10-17)6-5-11-21-18(20-4)22-12-19(3)13-23-14-19;/h7-10,15H,5-6,11-14H2,1-4H3,(H2,20,21,22);1H. The summed E-state index contributed by atoms with van der Waals surface area (Å²) in [4.78, 5) is 4.28. The van der Waals surface area contributed by atoms with Crippen molar-refractivity contribution in [2.75, 3.05) is 33.4 Å². The average molecular weight is 445 g/mol. The van der Waals surface area contributed by atoms with Gasteiger partial charge in [-0.2, -0.15) is 0 Å². The van der Waals surface area contributed by atoms with Gasteiger partial charge in [-0.25, -0.2) is 0 Å². The summed E-state index contributed by atoms with van der Waals surface area (Å²) in [6.07, 6.45) is 2.19. The molecule has 0 spiro atoms. The predicted molar refractivity (Wildman–Crippen MR) is 113 cm³/mol. The summed E-state index contributed by atoms with van der Waals surface area (Å²) >= 11 is 0. The van der Waals surface area contributed by atoms with E-state index in [-0.39, 0.29) is 29.4 Å². The molecule has 0 unspecified atom stereocenters. The Hall–Kier alpha value is -0.820. The maximum Gasteiger partial charge on any atom is 0.190 e. The molecule has 0 radical (unpaired) electrons. The van der Waals surface area contributed by atoms with E-state index >= 15 is 0 Å². The van der Waals surface area contributed by atoms with Gasteiger partial charge in [-0.3, -0.25) is 4.99 Å². The van der Waals surface area contributed by atoms with Gasteiger partial charge in [0, 0.05) is 25.6 Å². The molecule has 1 aromatic rings. The lowest BCUT2D eigenvalue weighted by atomic mass is 9.89. The number of aryl methyl sites for hydroxylation is 1. The zero-order chi connectivity index (χ0) is 16.7. The number of ether oxygens (including phenoxy) is 1. The number of hydrogen-bond acceptors (Lipinski definition) is 2. The molecule has 0 aromatic heterocycles. The van der Waals surface area contributed by atoms with Crippen LogP contribution in [0.3, 0.4) is 0 Å².